The SMILES string of the molecule is O=C(Cc1cnnn1-c1ccccc1)Nc1ccccc1F. The van der Waals surface area contributed by atoms with Crippen LogP contribution in [0.3, 0.4) is 0 Å². The van der Waals surface area contributed by atoms with Gasteiger partial charge in [0.05, 0.1) is 29.7 Å². The zero-order chi connectivity index (χ0) is 15.4. The number of carbonyl (C=O) groups is 1. The number of amides is 1. The largest absolute Gasteiger partial charge is 0.323 e. The molecular formula is C16H13FN4O. The minimum atomic E-state index is -0.467. The molecule has 3 rings (SSSR count). The summed E-state index contributed by atoms with van der Waals surface area (Å²) in [6, 6.07) is 15.4. The molecule has 0 aliphatic carbocycles. The number of carbonyl (C=O) groups excluding carboxylic acids is 1. The molecule has 0 atom stereocenters. The molecule has 2 aromatic carbocycles. The summed E-state index contributed by atoms with van der Waals surface area (Å²) in [6.45, 7) is 0. The number of halogens is 1. The number of rotatable bonds is 4. The van der Waals surface area contributed by atoms with Gasteiger partial charge in [-0.15, -0.1) is 5.10 Å². The van der Waals surface area contributed by atoms with Crippen LogP contribution in [0.1, 0.15) is 5.69 Å². The Kier molecular flexibility index (Phi) is 3.91. The third kappa shape index (κ3) is 3.01. The molecule has 0 bridgehead atoms. The lowest BCUT2D eigenvalue weighted by Crippen LogP contribution is -2.17. The van der Waals surface area contributed by atoms with Crippen LogP contribution in [0, 0.1) is 5.82 Å². The van der Waals surface area contributed by atoms with Crippen LogP contribution in [0.25, 0.3) is 5.69 Å². The Labute approximate surface area is 126 Å². The van der Waals surface area contributed by atoms with Crippen LogP contribution in [0.4, 0.5) is 10.1 Å². The molecule has 0 aliphatic heterocycles. The van der Waals surface area contributed by atoms with Gasteiger partial charge in [0.2, 0.25) is 5.91 Å². The van der Waals surface area contributed by atoms with Crippen molar-refractivity contribution in [3.05, 3.63) is 72.3 Å². The van der Waals surface area contributed by atoms with E-state index in [1.807, 2.05) is 30.3 Å². The van der Waals surface area contributed by atoms with E-state index in [9.17, 15) is 9.18 Å². The van der Waals surface area contributed by atoms with E-state index in [-0.39, 0.29) is 18.0 Å². The van der Waals surface area contributed by atoms with Gasteiger partial charge in [0.25, 0.3) is 0 Å². The summed E-state index contributed by atoms with van der Waals surface area (Å²) in [7, 11) is 0. The zero-order valence-corrected chi connectivity index (χ0v) is 11.6. The van der Waals surface area contributed by atoms with Crippen molar-refractivity contribution < 1.29 is 9.18 Å². The van der Waals surface area contributed by atoms with Crippen molar-refractivity contribution in [2.45, 2.75) is 6.42 Å². The van der Waals surface area contributed by atoms with Crippen molar-refractivity contribution in [2.24, 2.45) is 0 Å². The normalized spacial score (nSPS) is 10.4. The molecule has 0 radical (unpaired) electrons. The highest BCUT2D eigenvalue weighted by atomic mass is 19.1. The Morgan fingerprint density at radius 1 is 1.09 bits per heavy atom. The topological polar surface area (TPSA) is 59.8 Å². The molecule has 0 unspecified atom stereocenters. The average molecular weight is 296 g/mol. The highest BCUT2D eigenvalue weighted by Crippen LogP contribution is 2.14. The molecule has 1 heterocycles. The van der Waals surface area contributed by atoms with Crippen molar-refractivity contribution in [1.29, 1.82) is 0 Å². The predicted molar refractivity (Wildman–Crippen MR) is 80.1 cm³/mol. The average Bonchev–Trinajstić information content (AvgIpc) is 2.98. The Bertz CT molecular complexity index is 786. The molecule has 22 heavy (non-hydrogen) atoms. The van der Waals surface area contributed by atoms with Crippen LogP contribution in [0.2, 0.25) is 0 Å². The first-order valence-electron chi connectivity index (χ1n) is 6.73. The fourth-order valence-corrected chi connectivity index (χ4v) is 2.08. The Morgan fingerprint density at radius 3 is 2.59 bits per heavy atom. The summed E-state index contributed by atoms with van der Waals surface area (Å²) in [5.74, 6) is -0.796. The number of aromatic nitrogens is 3. The quantitative estimate of drug-likeness (QED) is 0.805. The van der Waals surface area contributed by atoms with Crippen molar-refractivity contribution in [1.82, 2.24) is 15.0 Å². The maximum Gasteiger partial charge on any atom is 0.230 e. The summed E-state index contributed by atoms with van der Waals surface area (Å²) in [6.07, 6.45) is 1.57. The molecule has 0 saturated heterocycles. The highest BCUT2D eigenvalue weighted by molar-refractivity contribution is 5.92. The third-order valence-corrected chi connectivity index (χ3v) is 3.11. The maximum absolute atomic E-state index is 13.5. The second kappa shape index (κ2) is 6.17. The van der Waals surface area contributed by atoms with Crippen LogP contribution < -0.4 is 5.32 Å². The number of hydrogen-bond donors (Lipinski definition) is 1. The second-order valence-electron chi connectivity index (χ2n) is 4.68. The van der Waals surface area contributed by atoms with Gasteiger partial charge in [0.1, 0.15) is 5.82 Å². The van der Waals surface area contributed by atoms with Crippen LogP contribution in [0.5, 0.6) is 0 Å². The minimum absolute atomic E-state index is 0.0518. The predicted octanol–water partition coefficient (Wildman–Crippen LogP) is 2.59. The Balaban J connectivity index is 1.76. The fraction of sp³-hybridized carbons (Fsp3) is 0.0625. The van der Waals surface area contributed by atoms with E-state index in [2.05, 4.69) is 15.6 Å². The molecule has 5 nitrogen and oxygen atoms in total. The number of nitrogens with one attached hydrogen (secondary N) is 1. The van der Waals surface area contributed by atoms with Gasteiger partial charge in [-0.3, -0.25) is 4.79 Å². The summed E-state index contributed by atoms with van der Waals surface area (Å²) in [4.78, 5) is 12.1. The van der Waals surface area contributed by atoms with E-state index in [1.165, 1.54) is 18.3 Å². The lowest BCUT2D eigenvalue weighted by Gasteiger charge is -2.07. The molecule has 6 heteroatoms. The first-order valence-corrected chi connectivity index (χ1v) is 6.73. The molecule has 0 aliphatic rings. The number of nitrogens with zero attached hydrogens (tertiary/aromatic N) is 3. The van der Waals surface area contributed by atoms with E-state index in [0.717, 1.165) is 5.69 Å². The first kappa shape index (κ1) is 13.9. The molecule has 0 fully saturated rings. The van der Waals surface area contributed by atoms with Crippen molar-refractivity contribution in [2.75, 3.05) is 5.32 Å². The van der Waals surface area contributed by atoms with Gasteiger partial charge in [-0.1, -0.05) is 35.5 Å². The molecule has 3 aromatic rings. The summed E-state index contributed by atoms with van der Waals surface area (Å²) in [5, 5.41) is 10.4. The van der Waals surface area contributed by atoms with E-state index in [0.29, 0.717) is 5.69 Å². The van der Waals surface area contributed by atoms with Crippen molar-refractivity contribution in [3.63, 3.8) is 0 Å². The van der Waals surface area contributed by atoms with Crippen molar-refractivity contribution in [3.8, 4) is 5.69 Å². The van der Waals surface area contributed by atoms with Gasteiger partial charge >= 0.3 is 0 Å². The lowest BCUT2D eigenvalue weighted by molar-refractivity contribution is -0.115. The maximum atomic E-state index is 13.5. The van der Waals surface area contributed by atoms with Gasteiger partial charge in [0, 0.05) is 0 Å². The molecule has 0 saturated carbocycles. The molecule has 1 amide bonds. The lowest BCUT2D eigenvalue weighted by atomic mass is 10.2. The number of hydrogen-bond acceptors (Lipinski definition) is 3. The molecule has 1 N–H and O–H groups in total. The zero-order valence-electron chi connectivity index (χ0n) is 11.6. The van der Waals surface area contributed by atoms with Gasteiger partial charge in [-0.05, 0) is 24.3 Å². The van der Waals surface area contributed by atoms with E-state index in [1.54, 1.807) is 16.8 Å². The van der Waals surface area contributed by atoms with Gasteiger partial charge in [-0.25, -0.2) is 9.07 Å². The Hall–Kier alpha value is -3.02. The van der Waals surface area contributed by atoms with Crippen LogP contribution in [0.15, 0.2) is 60.8 Å². The van der Waals surface area contributed by atoms with Gasteiger partial charge < -0.3 is 5.32 Å². The van der Waals surface area contributed by atoms with Gasteiger partial charge in [0.15, 0.2) is 0 Å². The highest BCUT2D eigenvalue weighted by Gasteiger charge is 2.12. The Morgan fingerprint density at radius 2 is 1.82 bits per heavy atom. The monoisotopic (exact) mass is 296 g/mol. The molecular weight excluding hydrogens is 283 g/mol. The second-order valence-corrected chi connectivity index (χ2v) is 4.68. The molecule has 110 valence electrons. The summed E-state index contributed by atoms with van der Waals surface area (Å²) < 4.78 is 15.1. The van der Waals surface area contributed by atoms with Gasteiger partial charge in [-0.2, -0.15) is 0 Å². The third-order valence-electron chi connectivity index (χ3n) is 3.11. The van der Waals surface area contributed by atoms with Crippen LogP contribution in [-0.4, -0.2) is 20.9 Å². The van der Waals surface area contributed by atoms with E-state index < -0.39 is 5.82 Å². The summed E-state index contributed by atoms with van der Waals surface area (Å²) >= 11 is 0. The molecule has 1 aromatic heterocycles. The standard InChI is InChI=1S/C16H13FN4O/c17-14-8-4-5-9-15(14)19-16(22)10-13-11-18-20-21(13)12-6-2-1-3-7-12/h1-9,11H,10H2,(H,19,22). The smallest absolute Gasteiger partial charge is 0.230 e. The van der Waals surface area contributed by atoms with Crippen LogP contribution in [-0.2, 0) is 11.2 Å². The first-order chi connectivity index (χ1) is 10.7. The van der Waals surface area contributed by atoms with Crippen LogP contribution >= 0.6 is 0 Å². The molecule has 0 spiro atoms. The number of para-hydroxylation sites is 2. The van der Waals surface area contributed by atoms with E-state index in [4.69, 9.17) is 0 Å². The van der Waals surface area contributed by atoms with Crippen molar-refractivity contribution >= 4 is 11.6 Å². The summed E-state index contributed by atoms with van der Waals surface area (Å²) in [5.41, 5.74) is 1.60. The number of benzene rings is 2. The minimum Gasteiger partial charge on any atom is -0.323 e. The fourth-order valence-electron chi connectivity index (χ4n) is 2.08. The number of anilines is 1. The van der Waals surface area contributed by atoms with E-state index >= 15 is 0 Å².